The lowest BCUT2D eigenvalue weighted by atomic mass is 10.3. The van der Waals surface area contributed by atoms with Crippen LogP contribution in [-0.2, 0) is 0 Å². The fourth-order valence-electron chi connectivity index (χ4n) is 2.11. The van der Waals surface area contributed by atoms with Gasteiger partial charge in [-0.2, -0.15) is 0 Å². The smallest absolute Gasteiger partial charge is 0.320 e. The molecule has 128 valence electrons. The van der Waals surface area contributed by atoms with E-state index in [4.69, 9.17) is 4.74 Å². The normalized spacial score (nSPS) is 10.5. The van der Waals surface area contributed by atoms with Gasteiger partial charge in [0.25, 0.3) is 0 Å². The molecule has 1 aromatic carbocycles. The van der Waals surface area contributed by atoms with E-state index < -0.39 is 0 Å². The van der Waals surface area contributed by atoms with Gasteiger partial charge in [-0.25, -0.2) is 14.8 Å². The standard InChI is InChI=1S/C17H17N5O2S/c1-3-18-17(23)21-14-8-7-13-16(20-14)22-15(10-19-13)25-12-6-4-5-11(9-12)24-2/h4-10H,3H2,1-2H3,(H2,18,20,21,22,23). The van der Waals surface area contributed by atoms with Crippen molar-refractivity contribution in [3.8, 4) is 5.75 Å². The van der Waals surface area contributed by atoms with Crippen molar-refractivity contribution in [1.29, 1.82) is 0 Å². The summed E-state index contributed by atoms with van der Waals surface area (Å²) >= 11 is 1.47. The number of aromatic nitrogens is 3. The minimum Gasteiger partial charge on any atom is -0.497 e. The van der Waals surface area contributed by atoms with Crippen molar-refractivity contribution in [2.75, 3.05) is 19.0 Å². The number of benzene rings is 1. The first-order valence-electron chi connectivity index (χ1n) is 7.68. The lowest BCUT2D eigenvalue weighted by Gasteiger charge is -2.07. The largest absolute Gasteiger partial charge is 0.497 e. The molecule has 0 aliphatic rings. The van der Waals surface area contributed by atoms with Gasteiger partial charge in [0, 0.05) is 11.4 Å². The molecule has 0 unspecified atom stereocenters. The summed E-state index contributed by atoms with van der Waals surface area (Å²) in [6, 6.07) is 10.9. The van der Waals surface area contributed by atoms with Crippen LogP contribution in [0.2, 0.25) is 0 Å². The SMILES string of the molecule is CCNC(=O)Nc1ccc2ncc(Sc3cccc(OC)c3)nc2n1. The first-order valence-corrected chi connectivity index (χ1v) is 8.50. The van der Waals surface area contributed by atoms with Gasteiger partial charge in [-0.3, -0.25) is 10.3 Å². The first kappa shape index (κ1) is 17.0. The minimum absolute atomic E-state index is 0.302. The molecule has 25 heavy (non-hydrogen) atoms. The number of carbonyl (C=O) groups excluding carboxylic acids is 1. The zero-order valence-corrected chi connectivity index (χ0v) is 14.6. The maximum Gasteiger partial charge on any atom is 0.320 e. The van der Waals surface area contributed by atoms with E-state index in [9.17, 15) is 4.79 Å². The molecular formula is C17H17N5O2S. The number of urea groups is 1. The number of hydrogen-bond acceptors (Lipinski definition) is 6. The third-order valence-corrected chi connectivity index (χ3v) is 4.12. The predicted molar refractivity (Wildman–Crippen MR) is 97.1 cm³/mol. The highest BCUT2D eigenvalue weighted by Gasteiger charge is 2.07. The Kier molecular flexibility index (Phi) is 5.30. The van der Waals surface area contributed by atoms with Gasteiger partial charge < -0.3 is 10.1 Å². The van der Waals surface area contributed by atoms with Crippen LogP contribution in [0.1, 0.15) is 6.92 Å². The van der Waals surface area contributed by atoms with Crippen molar-refractivity contribution in [2.24, 2.45) is 0 Å². The number of methoxy groups -OCH3 is 1. The molecule has 8 heteroatoms. The van der Waals surface area contributed by atoms with E-state index in [-0.39, 0.29) is 6.03 Å². The van der Waals surface area contributed by atoms with E-state index in [0.717, 1.165) is 10.6 Å². The fourth-order valence-corrected chi connectivity index (χ4v) is 2.91. The van der Waals surface area contributed by atoms with Gasteiger partial charge in [-0.05, 0) is 37.3 Å². The third-order valence-electron chi connectivity index (χ3n) is 3.23. The van der Waals surface area contributed by atoms with Crippen LogP contribution in [0.25, 0.3) is 11.2 Å². The van der Waals surface area contributed by atoms with Crippen LogP contribution in [0, 0.1) is 0 Å². The molecule has 7 nitrogen and oxygen atoms in total. The first-order chi connectivity index (χ1) is 12.2. The van der Waals surface area contributed by atoms with Gasteiger partial charge in [0.05, 0.1) is 13.3 Å². The summed E-state index contributed by atoms with van der Waals surface area (Å²) < 4.78 is 5.23. The summed E-state index contributed by atoms with van der Waals surface area (Å²) in [6.07, 6.45) is 1.70. The molecule has 3 aromatic rings. The van der Waals surface area contributed by atoms with Gasteiger partial charge in [0.2, 0.25) is 0 Å². The van der Waals surface area contributed by atoms with E-state index in [0.29, 0.717) is 28.6 Å². The highest BCUT2D eigenvalue weighted by atomic mass is 32.2. The number of nitrogens with one attached hydrogen (secondary N) is 2. The second-order valence-corrected chi connectivity index (χ2v) is 6.11. The van der Waals surface area contributed by atoms with Gasteiger partial charge >= 0.3 is 6.03 Å². The number of anilines is 1. The summed E-state index contributed by atoms with van der Waals surface area (Å²) in [5.74, 6) is 1.21. The Morgan fingerprint density at radius 2 is 2.12 bits per heavy atom. The van der Waals surface area contributed by atoms with Gasteiger partial charge in [-0.1, -0.05) is 17.8 Å². The summed E-state index contributed by atoms with van der Waals surface area (Å²) in [5, 5.41) is 6.03. The van der Waals surface area contributed by atoms with Gasteiger partial charge in [0.1, 0.15) is 22.1 Å². The molecule has 0 aliphatic carbocycles. The second kappa shape index (κ2) is 7.80. The molecule has 0 saturated heterocycles. The van der Waals surface area contributed by atoms with Crippen LogP contribution < -0.4 is 15.4 Å². The molecule has 2 aromatic heterocycles. The average molecular weight is 355 g/mol. The Balaban J connectivity index is 1.83. The lowest BCUT2D eigenvalue weighted by Crippen LogP contribution is -2.28. The van der Waals surface area contributed by atoms with Crippen molar-refractivity contribution < 1.29 is 9.53 Å². The molecule has 0 atom stereocenters. The number of hydrogen-bond donors (Lipinski definition) is 2. The fraction of sp³-hybridized carbons (Fsp3) is 0.176. The van der Waals surface area contributed by atoms with Crippen LogP contribution in [0.5, 0.6) is 5.75 Å². The highest BCUT2D eigenvalue weighted by molar-refractivity contribution is 7.99. The number of carbonyl (C=O) groups is 1. The van der Waals surface area contributed by atoms with E-state index in [1.807, 2.05) is 31.2 Å². The molecule has 3 rings (SSSR count). The Bertz CT molecular complexity index is 903. The Morgan fingerprint density at radius 1 is 1.24 bits per heavy atom. The minimum atomic E-state index is -0.302. The number of pyridine rings is 1. The molecule has 0 radical (unpaired) electrons. The summed E-state index contributed by atoms with van der Waals surface area (Å²) in [4.78, 5) is 25.8. The van der Waals surface area contributed by atoms with E-state index in [1.165, 1.54) is 11.8 Å². The van der Waals surface area contributed by atoms with E-state index in [1.54, 1.807) is 25.4 Å². The monoisotopic (exact) mass is 355 g/mol. The van der Waals surface area contributed by atoms with Crippen molar-refractivity contribution in [3.63, 3.8) is 0 Å². The topological polar surface area (TPSA) is 89.0 Å². The van der Waals surface area contributed by atoms with Crippen LogP contribution in [0.3, 0.4) is 0 Å². The molecule has 0 bridgehead atoms. The van der Waals surface area contributed by atoms with Gasteiger partial charge in [0.15, 0.2) is 5.65 Å². The van der Waals surface area contributed by atoms with E-state index >= 15 is 0 Å². The summed E-state index contributed by atoms with van der Waals surface area (Å²) in [5.41, 5.74) is 1.14. The highest BCUT2D eigenvalue weighted by Crippen LogP contribution is 2.29. The number of ether oxygens (including phenoxy) is 1. The molecular weight excluding hydrogens is 338 g/mol. The zero-order chi connectivity index (χ0) is 17.6. The lowest BCUT2D eigenvalue weighted by molar-refractivity contribution is 0.252. The van der Waals surface area contributed by atoms with Crippen LogP contribution >= 0.6 is 11.8 Å². The Hall–Kier alpha value is -2.87. The van der Waals surface area contributed by atoms with Gasteiger partial charge in [-0.15, -0.1) is 0 Å². The molecule has 0 saturated carbocycles. The molecule has 2 amide bonds. The molecule has 0 fully saturated rings. The second-order valence-electron chi connectivity index (χ2n) is 5.01. The quantitative estimate of drug-likeness (QED) is 0.730. The van der Waals surface area contributed by atoms with Crippen LogP contribution in [-0.4, -0.2) is 34.6 Å². The summed E-state index contributed by atoms with van der Waals surface area (Å²) in [6.45, 7) is 2.39. The number of fused-ring (bicyclic) bond motifs is 1. The van der Waals surface area contributed by atoms with Crippen molar-refractivity contribution >= 4 is 34.8 Å². The van der Waals surface area contributed by atoms with Crippen LogP contribution in [0.4, 0.5) is 10.6 Å². The van der Waals surface area contributed by atoms with Crippen molar-refractivity contribution in [3.05, 3.63) is 42.6 Å². The zero-order valence-electron chi connectivity index (χ0n) is 13.8. The summed E-state index contributed by atoms with van der Waals surface area (Å²) in [7, 11) is 1.63. The number of nitrogens with zero attached hydrogens (tertiary/aromatic N) is 3. The Labute approximate surface area is 149 Å². The molecule has 2 N–H and O–H groups in total. The maximum atomic E-state index is 11.6. The number of rotatable bonds is 5. The van der Waals surface area contributed by atoms with Crippen LogP contribution in [0.15, 0.2) is 52.5 Å². The third kappa shape index (κ3) is 4.36. The maximum absolute atomic E-state index is 11.6. The Morgan fingerprint density at radius 3 is 2.92 bits per heavy atom. The number of amides is 2. The van der Waals surface area contributed by atoms with E-state index in [2.05, 4.69) is 25.6 Å². The average Bonchev–Trinajstić information content (AvgIpc) is 2.62. The molecule has 2 heterocycles. The van der Waals surface area contributed by atoms with Crippen molar-refractivity contribution in [2.45, 2.75) is 16.8 Å². The molecule has 0 spiro atoms. The molecule has 0 aliphatic heterocycles. The van der Waals surface area contributed by atoms with Crippen molar-refractivity contribution in [1.82, 2.24) is 20.3 Å². The predicted octanol–water partition coefficient (Wildman–Crippen LogP) is 3.33.